The van der Waals surface area contributed by atoms with Crippen LogP contribution in [0.5, 0.6) is 6.01 Å². The summed E-state index contributed by atoms with van der Waals surface area (Å²) < 4.78 is 9.65. The van der Waals surface area contributed by atoms with Crippen molar-refractivity contribution in [3.63, 3.8) is 0 Å². The Bertz CT molecular complexity index is 726. The topological polar surface area (TPSA) is 77.2 Å². The Kier molecular flexibility index (Phi) is 3.74. The summed E-state index contributed by atoms with van der Waals surface area (Å²) >= 11 is 0. The molecule has 3 aromatic rings. The lowest BCUT2D eigenvalue weighted by molar-refractivity contribution is 0.314. The average molecular weight is 285 g/mol. The molecule has 21 heavy (non-hydrogen) atoms. The summed E-state index contributed by atoms with van der Waals surface area (Å²) in [5, 5.41) is 7.65. The van der Waals surface area contributed by atoms with E-state index in [1.807, 2.05) is 25.2 Å². The maximum absolute atomic E-state index is 4.95. The Morgan fingerprint density at radius 1 is 1.05 bits per heavy atom. The van der Waals surface area contributed by atoms with Gasteiger partial charge in [0.25, 0.3) is 0 Å². The number of hydrogen-bond donors (Lipinski definition) is 0. The fraction of sp³-hybridized carbons (Fsp3) is 0.286. The Morgan fingerprint density at radius 2 is 1.76 bits per heavy atom. The lowest BCUT2D eigenvalue weighted by atomic mass is 10.2. The van der Waals surface area contributed by atoms with Gasteiger partial charge in [-0.05, 0) is 35.1 Å². The van der Waals surface area contributed by atoms with Gasteiger partial charge in [-0.25, -0.2) is 14.6 Å². The molecule has 3 rings (SSSR count). The van der Waals surface area contributed by atoms with Gasteiger partial charge in [0.05, 0.1) is 7.11 Å². The highest BCUT2D eigenvalue weighted by Crippen LogP contribution is 2.14. The van der Waals surface area contributed by atoms with Gasteiger partial charge in [0.15, 0.2) is 0 Å². The summed E-state index contributed by atoms with van der Waals surface area (Å²) in [7, 11) is 3.59. The number of benzene rings is 1. The molecule has 1 aromatic carbocycles. The van der Waals surface area contributed by atoms with Gasteiger partial charge < -0.3 is 4.74 Å². The molecule has 7 nitrogen and oxygen atoms in total. The predicted octanol–water partition coefficient (Wildman–Crippen LogP) is 1.65. The number of ether oxygens (including phenoxy) is 1. The Labute approximate surface area is 121 Å². The van der Waals surface area contributed by atoms with Crippen molar-refractivity contribution in [2.24, 2.45) is 0 Å². The van der Waals surface area contributed by atoms with Crippen LogP contribution in [0.2, 0.25) is 0 Å². The van der Waals surface area contributed by atoms with E-state index in [1.165, 1.54) is 0 Å². The third-order valence-electron chi connectivity index (χ3n) is 3.09. The van der Waals surface area contributed by atoms with Crippen molar-refractivity contribution in [1.29, 1.82) is 0 Å². The van der Waals surface area contributed by atoms with E-state index in [0.717, 1.165) is 35.2 Å². The Balaban J connectivity index is 1.65. The van der Waals surface area contributed by atoms with Gasteiger partial charge in [-0.15, -0.1) is 0 Å². The summed E-state index contributed by atoms with van der Waals surface area (Å²) in [6.45, 7) is 1.54. The van der Waals surface area contributed by atoms with E-state index in [1.54, 1.807) is 19.5 Å². The smallest absolute Gasteiger partial charge is 0.316 e. The fourth-order valence-electron chi connectivity index (χ4n) is 2.14. The van der Waals surface area contributed by atoms with E-state index in [-0.39, 0.29) is 0 Å². The second kappa shape index (κ2) is 5.84. The molecule has 0 unspecified atom stereocenters. The van der Waals surface area contributed by atoms with Crippen LogP contribution in [-0.2, 0) is 13.1 Å². The molecule has 0 aliphatic heterocycles. The molecule has 7 heteroatoms. The van der Waals surface area contributed by atoms with Crippen LogP contribution in [0, 0.1) is 0 Å². The van der Waals surface area contributed by atoms with Crippen LogP contribution in [0.25, 0.3) is 11.0 Å². The van der Waals surface area contributed by atoms with Crippen LogP contribution in [0.3, 0.4) is 0 Å². The summed E-state index contributed by atoms with van der Waals surface area (Å²) in [6, 6.07) is 6.29. The van der Waals surface area contributed by atoms with E-state index in [0.29, 0.717) is 6.01 Å². The molecule has 2 heterocycles. The molecular weight excluding hydrogens is 270 g/mol. The molecule has 0 spiro atoms. The third kappa shape index (κ3) is 3.14. The standard InChI is InChI=1S/C14H15N5O2/c1-19(9-11-6-15-14(20-2)16-7-11)8-10-3-4-12-13(5-10)18-21-17-12/h3-7H,8-9H2,1-2H3. The molecule has 0 amide bonds. The van der Waals surface area contributed by atoms with Crippen molar-refractivity contribution < 1.29 is 9.37 Å². The third-order valence-corrected chi connectivity index (χ3v) is 3.09. The maximum atomic E-state index is 4.95. The minimum atomic E-state index is 0.380. The quantitative estimate of drug-likeness (QED) is 0.705. The first kappa shape index (κ1) is 13.4. The Hall–Kier alpha value is -2.54. The zero-order valence-corrected chi connectivity index (χ0v) is 11.9. The first-order valence-electron chi connectivity index (χ1n) is 6.49. The first-order valence-corrected chi connectivity index (χ1v) is 6.49. The van der Waals surface area contributed by atoms with Crippen LogP contribution in [-0.4, -0.2) is 39.3 Å². The number of aromatic nitrogens is 4. The van der Waals surface area contributed by atoms with Crippen LogP contribution < -0.4 is 4.74 Å². The van der Waals surface area contributed by atoms with E-state index in [2.05, 4.69) is 25.2 Å². The van der Waals surface area contributed by atoms with E-state index < -0.39 is 0 Å². The second-order valence-electron chi connectivity index (χ2n) is 4.84. The lowest BCUT2D eigenvalue weighted by Crippen LogP contribution is -2.17. The molecule has 0 saturated heterocycles. The van der Waals surface area contributed by atoms with Gasteiger partial charge >= 0.3 is 6.01 Å². The molecule has 108 valence electrons. The summed E-state index contributed by atoms with van der Waals surface area (Å²) in [4.78, 5) is 10.4. The number of fused-ring (bicyclic) bond motifs is 1. The highest BCUT2D eigenvalue weighted by atomic mass is 16.6. The van der Waals surface area contributed by atoms with Gasteiger partial charge in [0, 0.05) is 31.0 Å². The largest absolute Gasteiger partial charge is 0.467 e. The maximum Gasteiger partial charge on any atom is 0.316 e. The molecule has 0 aliphatic rings. The predicted molar refractivity (Wildman–Crippen MR) is 75.6 cm³/mol. The summed E-state index contributed by atoms with van der Waals surface area (Å²) in [5.41, 5.74) is 3.72. The molecule has 0 N–H and O–H groups in total. The monoisotopic (exact) mass is 285 g/mol. The van der Waals surface area contributed by atoms with Gasteiger partial charge in [-0.3, -0.25) is 4.90 Å². The minimum Gasteiger partial charge on any atom is -0.467 e. The zero-order valence-electron chi connectivity index (χ0n) is 11.9. The minimum absolute atomic E-state index is 0.380. The number of methoxy groups -OCH3 is 1. The van der Waals surface area contributed by atoms with Crippen LogP contribution in [0.15, 0.2) is 35.2 Å². The molecule has 0 fully saturated rings. The lowest BCUT2D eigenvalue weighted by Gasteiger charge is -2.16. The van der Waals surface area contributed by atoms with E-state index >= 15 is 0 Å². The van der Waals surface area contributed by atoms with Crippen molar-refractivity contribution in [2.45, 2.75) is 13.1 Å². The van der Waals surface area contributed by atoms with Crippen LogP contribution >= 0.6 is 0 Å². The highest BCUT2D eigenvalue weighted by molar-refractivity contribution is 5.73. The highest BCUT2D eigenvalue weighted by Gasteiger charge is 2.06. The second-order valence-corrected chi connectivity index (χ2v) is 4.84. The van der Waals surface area contributed by atoms with Crippen molar-refractivity contribution in [3.8, 4) is 6.01 Å². The van der Waals surface area contributed by atoms with Crippen molar-refractivity contribution in [2.75, 3.05) is 14.2 Å². The molecule has 0 atom stereocenters. The SMILES string of the molecule is COc1ncc(CN(C)Cc2ccc3nonc3c2)cn1. The zero-order chi connectivity index (χ0) is 14.7. The van der Waals surface area contributed by atoms with Gasteiger partial charge in [-0.1, -0.05) is 6.07 Å². The number of nitrogens with zero attached hydrogens (tertiary/aromatic N) is 5. The summed E-state index contributed by atoms with van der Waals surface area (Å²) in [6.07, 6.45) is 3.54. The average Bonchev–Trinajstić information content (AvgIpc) is 2.95. The summed E-state index contributed by atoms with van der Waals surface area (Å²) in [5.74, 6) is 0. The fourth-order valence-corrected chi connectivity index (χ4v) is 2.14. The molecule has 0 bridgehead atoms. The van der Waals surface area contributed by atoms with Crippen molar-refractivity contribution >= 4 is 11.0 Å². The van der Waals surface area contributed by atoms with Crippen molar-refractivity contribution in [3.05, 3.63) is 41.7 Å². The van der Waals surface area contributed by atoms with E-state index in [9.17, 15) is 0 Å². The van der Waals surface area contributed by atoms with Gasteiger partial charge in [-0.2, -0.15) is 0 Å². The molecular formula is C14H15N5O2. The van der Waals surface area contributed by atoms with Crippen LogP contribution in [0.4, 0.5) is 0 Å². The van der Waals surface area contributed by atoms with Crippen LogP contribution in [0.1, 0.15) is 11.1 Å². The molecule has 0 aliphatic carbocycles. The molecule has 0 radical (unpaired) electrons. The van der Waals surface area contributed by atoms with E-state index in [4.69, 9.17) is 9.37 Å². The molecule has 0 saturated carbocycles. The Morgan fingerprint density at radius 3 is 2.52 bits per heavy atom. The molecule has 2 aromatic heterocycles. The van der Waals surface area contributed by atoms with Gasteiger partial charge in [0.2, 0.25) is 0 Å². The number of hydrogen-bond acceptors (Lipinski definition) is 7. The number of rotatable bonds is 5. The normalized spacial score (nSPS) is 11.2. The van der Waals surface area contributed by atoms with Gasteiger partial charge in [0.1, 0.15) is 11.0 Å². The first-order chi connectivity index (χ1) is 10.2. The van der Waals surface area contributed by atoms with Crippen molar-refractivity contribution in [1.82, 2.24) is 25.2 Å².